The Labute approximate surface area is 199 Å². The van der Waals surface area contributed by atoms with Gasteiger partial charge in [-0.25, -0.2) is 0 Å². The van der Waals surface area contributed by atoms with Crippen molar-refractivity contribution in [2.75, 3.05) is 0 Å². The molecule has 0 fully saturated rings. The minimum absolute atomic E-state index is 0.0647. The Morgan fingerprint density at radius 2 is 0.853 bits per heavy atom. The van der Waals surface area contributed by atoms with Crippen LogP contribution in [-0.4, -0.2) is 5.78 Å². The molecule has 0 saturated carbocycles. The molecule has 0 bridgehead atoms. The molecule has 0 aromatic heterocycles. The van der Waals surface area contributed by atoms with Gasteiger partial charge >= 0.3 is 24.7 Å². The van der Waals surface area contributed by atoms with E-state index in [1.54, 1.807) is 0 Å². The summed E-state index contributed by atoms with van der Waals surface area (Å²) in [5.74, 6) is -1.62. The van der Waals surface area contributed by atoms with E-state index in [0.717, 1.165) is 0 Å². The molecule has 0 aliphatic heterocycles. The molecule has 0 amide bonds. The maximum atomic E-state index is 13.5. The summed E-state index contributed by atoms with van der Waals surface area (Å²) in [6.45, 7) is 0. The average Bonchev–Trinajstić information content (AvgIpc) is 2.68. The van der Waals surface area contributed by atoms with Gasteiger partial charge in [0.1, 0.15) is 0 Å². The smallest absolute Gasteiger partial charge is 0.289 e. The quantitative estimate of drug-likeness (QED) is 0.186. The zero-order valence-electron chi connectivity index (χ0n) is 15.9. The Balaban J connectivity index is 2.93. The topological polar surface area (TPSA) is 17.1 Å². The molecule has 34 heavy (non-hydrogen) atoms. The molecule has 0 unspecified atom stereocenters. The fraction of sp³-hybridized carbons (Fsp3) is 0.316. The van der Waals surface area contributed by atoms with Crippen LogP contribution in [0.15, 0.2) is 24.3 Å². The van der Waals surface area contributed by atoms with Crippen LogP contribution >= 0.6 is 31.9 Å². The Hall–Kier alpha value is -1.77. The molecule has 2 rings (SSSR count). The molecule has 0 N–H and O–H groups in total. The van der Waals surface area contributed by atoms with Gasteiger partial charge in [0.15, 0.2) is 5.78 Å². The van der Waals surface area contributed by atoms with Gasteiger partial charge in [-0.2, -0.15) is 52.7 Å². The van der Waals surface area contributed by atoms with Crippen molar-refractivity contribution in [1.82, 2.24) is 0 Å². The van der Waals surface area contributed by atoms with Gasteiger partial charge in [-0.05, 0) is 23.3 Å². The summed E-state index contributed by atoms with van der Waals surface area (Å²) in [4.78, 5) is 12.9. The highest BCUT2D eigenvalue weighted by Crippen LogP contribution is 2.46. The van der Waals surface area contributed by atoms with Crippen LogP contribution in [0.1, 0.15) is 49.3 Å². The SMILES string of the molecule is O=C(c1ccc(C(F)(F)F)c(C(F)(F)F)c1CBr)c1ccc(C(F)(F)F)c(C(F)(F)F)c1CBr. The van der Waals surface area contributed by atoms with E-state index in [2.05, 4.69) is 31.9 Å². The molecular weight excluding hydrogens is 632 g/mol. The van der Waals surface area contributed by atoms with Gasteiger partial charge in [0.2, 0.25) is 0 Å². The minimum atomic E-state index is -5.63. The Kier molecular flexibility index (Phi) is 7.83. The Bertz CT molecular complexity index is 1010. The molecule has 0 radical (unpaired) electrons. The maximum absolute atomic E-state index is 13.5. The van der Waals surface area contributed by atoms with Crippen molar-refractivity contribution in [2.45, 2.75) is 35.4 Å². The predicted octanol–water partition coefficient (Wildman–Crippen LogP) is 8.78. The third-order valence-corrected chi connectivity index (χ3v) is 5.68. The van der Waals surface area contributed by atoms with Crippen molar-refractivity contribution in [3.8, 4) is 0 Å². The Morgan fingerprint density at radius 3 is 1.06 bits per heavy atom. The standard InChI is InChI=1S/C19H8Br2F12O/c20-5-9-7(1-3-11(16(22,23)24)13(9)18(28,29)30)15(34)8-2-4-12(17(25,26)27)14(10(8)6-21)19(31,32)33/h1-4H,5-6H2. The first kappa shape index (κ1) is 28.5. The first-order chi connectivity index (χ1) is 15.3. The van der Waals surface area contributed by atoms with E-state index in [0.29, 0.717) is 12.1 Å². The predicted molar refractivity (Wildman–Crippen MR) is 102 cm³/mol. The van der Waals surface area contributed by atoms with Crippen molar-refractivity contribution < 1.29 is 57.5 Å². The zero-order chi connectivity index (χ0) is 26.4. The summed E-state index contributed by atoms with van der Waals surface area (Å²) < 4.78 is 160. The van der Waals surface area contributed by atoms with Gasteiger partial charge in [0.25, 0.3) is 0 Å². The van der Waals surface area contributed by atoms with Crippen molar-refractivity contribution >= 4 is 37.6 Å². The summed E-state index contributed by atoms with van der Waals surface area (Å²) in [6.07, 6.45) is -22.2. The first-order valence-electron chi connectivity index (χ1n) is 8.53. The normalized spacial score (nSPS) is 13.4. The molecule has 0 saturated heterocycles. The van der Waals surface area contributed by atoms with Crippen LogP contribution in [0.25, 0.3) is 0 Å². The third-order valence-electron chi connectivity index (χ3n) is 4.56. The number of hydrogen-bond acceptors (Lipinski definition) is 1. The molecule has 2 aromatic carbocycles. The highest BCUT2D eigenvalue weighted by atomic mass is 79.9. The maximum Gasteiger partial charge on any atom is 0.417 e. The Morgan fingerprint density at radius 1 is 0.559 bits per heavy atom. The fourth-order valence-corrected chi connectivity index (χ4v) is 4.43. The van der Waals surface area contributed by atoms with Crippen LogP contribution in [0.5, 0.6) is 0 Å². The van der Waals surface area contributed by atoms with Gasteiger partial charge in [0.05, 0.1) is 22.3 Å². The molecule has 0 heterocycles. The van der Waals surface area contributed by atoms with Crippen molar-refractivity contribution in [2.24, 2.45) is 0 Å². The van der Waals surface area contributed by atoms with Gasteiger partial charge in [-0.1, -0.05) is 44.0 Å². The molecular formula is C19H8Br2F12O. The van der Waals surface area contributed by atoms with Gasteiger partial charge in [-0.15, -0.1) is 0 Å². The summed E-state index contributed by atoms with van der Waals surface area (Å²) in [6, 6.07) is 0.537. The van der Waals surface area contributed by atoms with Gasteiger partial charge < -0.3 is 0 Å². The second kappa shape index (κ2) is 9.36. The van der Waals surface area contributed by atoms with Crippen LogP contribution in [0.4, 0.5) is 52.7 Å². The lowest BCUT2D eigenvalue weighted by Gasteiger charge is -2.23. The monoisotopic (exact) mass is 638 g/mol. The average molecular weight is 640 g/mol. The number of ketones is 1. The second-order valence-corrected chi connectivity index (χ2v) is 7.74. The lowest BCUT2D eigenvalue weighted by Crippen LogP contribution is -2.23. The summed E-state index contributed by atoms with van der Waals surface area (Å²) in [5, 5.41) is -1.94. The van der Waals surface area contributed by atoms with Crippen LogP contribution in [0, 0.1) is 0 Å². The number of rotatable bonds is 4. The molecule has 0 aliphatic carbocycles. The molecule has 15 heteroatoms. The van der Waals surface area contributed by atoms with Crippen molar-refractivity contribution in [1.29, 1.82) is 0 Å². The number of carbonyl (C=O) groups excluding carboxylic acids is 1. The zero-order valence-corrected chi connectivity index (χ0v) is 19.1. The highest BCUT2D eigenvalue weighted by Gasteiger charge is 2.47. The van der Waals surface area contributed by atoms with Crippen molar-refractivity contribution in [3.63, 3.8) is 0 Å². The highest BCUT2D eigenvalue weighted by molar-refractivity contribution is 9.08. The second-order valence-electron chi connectivity index (χ2n) is 6.62. The first-order valence-corrected chi connectivity index (χ1v) is 10.8. The van der Waals surface area contributed by atoms with E-state index in [-0.39, 0.29) is 12.1 Å². The molecule has 0 aliphatic rings. The number of carbonyl (C=O) groups is 1. The summed E-state index contributed by atoms with van der Waals surface area (Å²) >= 11 is 5.11. The summed E-state index contributed by atoms with van der Waals surface area (Å²) in [5.41, 5.74) is -13.4. The van der Waals surface area contributed by atoms with Crippen LogP contribution in [-0.2, 0) is 35.4 Å². The fourth-order valence-electron chi connectivity index (χ4n) is 3.26. The van der Waals surface area contributed by atoms with Crippen LogP contribution < -0.4 is 0 Å². The van der Waals surface area contributed by atoms with Crippen molar-refractivity contribution in [3.05, 3.63) is 68.8 Å². The van der Waals surface area contributed by atoms with E-state index in [1.807, 2.05) is 0 Å². The summed E-state index contributed by atoms with van der Waals surface area (Å²) in [7, 11) is 0. The molecule has 188 valence electrons. The number of benzene rings is 2. The number of alkyl halides is 14. The number of halogens is 14. The lowest BCUT2D eigenvalue weighted by atomic mass is 9.88. The van der Waals surface area contributed by atoms with E-state index >= 15 is 0 Å². The van der Waals surface area contributed by atoms with Crippen LogP contribution in [0.2, 0.25) is 0 Å². The number of hydrogen-bond donors (Lipinski definition) is 0. The van der Waals surface area contributed by atoms with E-state index in [4.69, 9.17) is 0 Å². The minimum Gasteiger partial charge on any atom is -0.289 e. The van der Waals surface area contributed by atoms with Gasteiger partial charge in [-0.3, -0.25) is 4.79 Å². The van der Waals surface area contributed by atoms with E-state index in [9.17, 15) is 57.5 Å². The van der Waals surface area contributed by atoms with E-state index in [1.165, 1.54) is 0 Å². The third kappa shape index (κ3) is 5.55. The van der Waals surface area contributed by atoms with Gasteiger partial charge in [0, 0.05) is 21.8 Å². The lowest BCUT2D eigenvalue weighted by molar-refractivity contribution is -0.162. The molecule has 0 spiro atoms. The molecule has 0 atom stereocenters. The van der Waals surface area contributed by atoms with Crippen LogP contribution in [0.3, 0.4) is 0 Å². The molecule has 1 nitrogen and oxygen atoms in total. The largest absolute Gasteiger partial charge is 0.417 e. The molecule has 2 aromatic rings. The van der Waals surface area contributed by atoms with E-state index < -0.39 is 85.7 Å².